The summed E-state index contributed by atoms with van der Waals surface area (Å²) in [5.41, 5.74) is 1.49. The average Bonchev–Trinajstić information content (AvgIpc) is 3.01. The van der Waals surface area contributed by atoms with E-state index in [-0.39, 0.29) is 6.04 Å². The van der Waals surface area contributed by atoms with Crippen LogP contribution in [0.3, 0.4) is 0 Å². The van der Waals surface area contributed by atoms with Gasteiger partial charge >= 0.3 is 0 Å². The van der Waals surface area contributed by atoms with Gasteiger partial charge in [0, 0.05) is 12.7 Å². The summed E-state index contributed by atoms with van der Waals surface area (Å²) in [5.74, 6) is 0. The normalized spacial score (nSPS) is 20.5. The van der Waals surface area contributed by atoms with Gasteiger partial charge in [-0.2, -0.15) is 9.40 Å². The summed E-state index contributed by atoms with van der Waals surface area (Å²) in [6, 6.07) is 8.43. The van der Waals surface area contributed by atoms with Crippen LogP contribution in [-0.4, -0.2) is 42.7 Å². The Morgan fingerprint density at radius 2 is 2.14 bits per heavy atom. The fraction of sp³-hybridized carbons (Fsp3) is 0.357. The third-order valence-corrected chi connectivity index (χ3v) is 5.71. The van der Waals surface area contributed by atoms with Crippen LogP contribution in [0, 0.1) is 6.92 Å². The van der Waals surface area contributed by atoms with Crippen molar-refractivity contribution in [3.05, 3.63) is 47.8 Å². The molecule has 0 aliphatic carbocycles. The molecule has 1 N–H and O–H groups in total. The number of sulfonamides is 1. The number of aryl methyl sites for hydroxylation is 1. The molecule has 6 nitrogen and oxygen atoms in total. The van der Waals surface area contributed by atoms with Crippen LogP contribution >= 0.6 is 0 Å². The van der Waals surface area contributed by atoms with E-state index in [1.807, 2.05) is 6.07 Å². The molecule has 0 radical (unpaired) electrons. The van der Waals surface area contributed by atoms with Crippen LogP contribution < -0.4 is 0 Å². The Bertz CT molecular complexity index is 713. The number of hydrogen-bond donors (Lipinski definition) is 1. The van der Waals surface area contributed by atoms with E-state index in [1.165, 1.54) is 4.31 Å². The third-order valence-electron chi connectivity index (χ3n) is 3.64. The first-order valence-corrected chi connectivity index (χ1v) is 8.19. The van der Waals surface area contributed by atoms with E-state index < -0.39 is 10.0 Å². The number of nitrogens with one attached hydrogen (secondary N) is 1. The first-order chi connectivity index (χ1) is 10.1. The number of benzene rings is 1. The van der Waals surface area contributed by atoms with Crippen molar-refractivity contribution in [3.63, 3.8) is 0 Å². The topological polar surface area (TPSA) is 75.3 Å². The van der Waals surface area contributed by atoms with Crippen LogP contribution in [0.15, 0.2) is 41.4 Å². The molecule has 1 saturated heterocycles. The van der Waals surface area contributed by atoms with Crippen LogP contribution in [0.2, 0.25) is 0 Å². The molecule has 7 heteroatoms. The van der Waals surface area contributed by atoms with Crippen LogP contribution in [0.25, 0.3) is 0 Å². The van der Waals surface area contributed by atoms with Gasteiger partial charge in [0.05, 0.1) is 29.8 Å². The van der Waals surface area contributed by atoms with Gasteiger partial charge in [0.15, 0.2) is 0 Å². The Morgan fingerprint density at radius 3 is 2.86 bits per heavy atom. The minimum absolute atomic E-state index is 0.327. The van der Waals surface area contributed by atoms with Gasteiger partial charge in [-0.1, -0.05) is 18.2 Å². The number of H-pyrrole nitrogens is 1. The van der Waals surface area contributed by atoms with Gasteiger partial charge in [0.1, 0.15) is 0 Å². The van der Waals surface area contributed by atoms with Gasteiger partial charge in [-0.05, 0) is 24.6 Å². The molecule has 1 aliphatic rings. The van der Waals surface area contributed by atoms with E-state index in [2.05, 4.69) is 10.2 Å². The van der Waals surface area contributed by atoms with E-state index in [9.17, 15) is 8.42 Å². The van der Waals surface area contributed by atoms with Gasteiger partial charge in [0.2, 0.25) is 10.0 Å². The van der Waals surface area contributed by atoms with Crippen molar-refractivity contribution in [2.45, 2.75) is 17.9 Å². The van der Waals surface area contributed by atoms with E-state index in [0.29, 0.717) is 24.7 Å². The monoisotopic (exact) mass is 307 g/mol. The quantitative estimate of drug-likeness (QED) is 0.932. The second-order valence-corrected chi connectivity index (χ2v) is 6.84. The smallest absolute Gasteiger partial charge is 0.244 e. The van der Waals surface area contributed by atoms with Gasteiger partial charge in [-0.3, -0.25) is 5.10 Å². The molecular formula is C14H17N3O3S. The van der Waals surface area contributed by atoms with Crippen molar-refractivity contribution >= 4 is 10.0 Å². The van der Waals surface area contributed by atoms with E-state index in [0.717, 1.165) is 11.3 Å². The summed E-state index contributed by atoms with van der Waals surface area (Å²) in [6.45, 7) is 2.86. The lowest BCUT2D eigenvalue weighted by atomic mass is 10.2. The highest BCUT2D eigenvalue weighted by molar-refractivity contribution is 7.89. The Balaban J connectivity index is 2.02. The molecule has 0 spiro atoms. The van der Waals surface area contributed by atoms with Crippen molar-refractivity contribution in [1.29, 1.82) is 0 Å². The Kier molecular flexibility index (Phi) is 3.79. The number of aromatic amines is 1. The molecule has 2 aromatic rings. The Labute approximate surface area is 123 Å². The van der Waals surface area contributed by atoms with Crippen LogP contribution in [0.5, 0.6) is 0 Å². The second kappa shape index (κ2) is 5.59. The molecule has 0 saturated carbocycles. The minimum Gasteiger partial charge on any atom is -0.378 e. The molecule has 21 heavy (non-hydrogen) atoms. The molecular weight excluding hydrogens is 290 g/mol. The molecule has 1 atom stereocenters. The molecule has 112 valence electrons. The Morgan fingerprint density at radius 1 is 1.33 bits per heavy atom. The molecule has 1 fully saturated rings. The van der Waals surface area contributed by atoms with Crippen molar-refractivity contribution in [3.8, 4) is 0 Å². The molecule has 2 heterocycles. The highest BCUT2D eigenvalue weighted by Gasteiger charge is 2.36. The van der Waals surface area contributed by atoms with Crippen molar-refractivity contribution in [2.24, 2.45) is 0 Å². The summed E-state index contributed by atoms with van der Waals surface area (Å²) < 4.78 is 32.8. The zero-order chi connectivity index (χ0) is 14.9. The summed E-state index contributed by atoms with van der Waals surface area (Å²) in [7, 11) is -3.56. The first kappa shape index (κ1) is 14.2. The molecule has 0 unspecified atom stereocenters. The van der Waals surface area contributed by atoms with Gasteiger partial charge in [-0.25, -0.2) is 8.42 Å². The lowest BCUT2D eigenvalue weighted by Gasteiger charge is -2.34. The van der Waals surface area contributed by atoms with E-state index in [1.54, 1.807) is 37.4 Å². The van der Waals surface area contributed by atoms with Crippen molar-refractivity contribution in [2.75, 3.05) is 19.8 Å². The van der Waals surface area contributed by atoms with Gasteiger partial charge in [-0.15, -0.1) is 0 Å². The van der Waals surface area contributed by atoms with Gasteiger partial charge in [0.25, 0.3) is 0 Å². The van der Waals surface area contributed by atoms with Gasteiger partial charge < -0.3 is 4.74 Å². The zero-order valence-corrected chi connectivity index (χ0v) is 12.5. The second-order valence-electron chi connectivity index (χ2n) is 4.98. The maximum Gasteiger partial charge on any atom is 0.244 e. The fourth-order valence-electron chi connectivity index (χ4n) is 2.55. The minimum atomic E-state index is -3.56. The predicted octanol–water partition coefficient (Wildman–Crippen LogP) is 1.48. The number of morpholine rings is 1. The SMILES string of the molecule is Cc1ccccc1S(=O)(=O)N1CCOC[C@@H]1c1ccn[nH]1. The van der Waals surface area contributed by atoms with Crippen molar-refractivity contribution in [1.82, 2.24) is 14.5 Å². The number of aromatic nitrogens is 2. The molecule has 1 aromatic heterocycles. The van der Waals surface area contributed by atoms with E-state index in [4.69, 9.17) is 4.74 Å². The number of hydrogen-bond acceptors (Lipinski definition) is 4. The maximum atomic E-state index is 12.9. The van der Waals surface area contributed by atoms with Crippen LogP contribution in [0.1, 0.15) is 17.3 Å². The fourth-order valence-corrected chi connectivity index (χ4v) is 4.35. The largest absolute Gasteiger partial charge is 0.378 e. The molecule has 1 aliphatic heterocycles. The summed E-state index contributed by atoms with van der Waals surface area (Å²) in [4.78, 5) is 0.344. The predicted molar refractivity (Wildman–Crippen MR) is 77.2 cm³/mol. The molecule has 1 aromatic carbocycles. The summed E-state index contributed by atoms with van der Waals surface area (Å²) in [5, 5.41) is 6.74. The highest BCUT2D eigenvalue weighted by Crippen LogP contribution is 2.30. The van der Waals surface area contributed by atoms with Crippen LogP contribution in [0.4, 0.5) is 0 Å². The number of ether oxygens (including phenoxy) is 1. The lowest BCUT2D eigenvalue weighted by Crippen LogP contribution is -2.43. The third kappa shape index (κ3) is 2.59. The Hall–Kier alpha value is -1.70. The lowest BCUT2D eigenvalue weighted by molar-refractivity contribution is 0.0305. The molecule has 0 bridgehead atoms. The summed E-state index contributed by atoms with van der Waals surface area (Å²) in [6.07, 6.45) is 1.61. The van der Waals surface area contributed by atoms with E-state index >= 15 is 0 Å². The van der Waals surface area contributed by atoms with Crippen LogP contribution in [-0.2, 0) is 14.8 Å². The maximum absolute atomic E-state index is 12.9. The van der Waals surface area contributed by atoms with Crippen molar-refractivity contribution < 1.29 is 13.2 Å². The molecule has 0 amide bonds. The molecule has 3 rings (SSSR count). The average molecular weight is 307 g/mol. The standard InChI is InChI=1S/C14H17N3O3S/c1-11-4-2-3-5-14(11)21(18,19)17-8-9-20-10-13(17)12-6-7-15-16-12/h2-7,13H,8-10H2,1H3,(H,15,16)/t13-/m1/s1. The first-order valence-electron chi connectivity index (χ1n) is 6.75. The highest BCUT2D eigenvalue weighted by atomic mass is 32.2. The zero-order valence-electron chi connectivity index (χ0n) is 11.7. The number of nitrogens with zero attached hydrogens (tertiary/aromatic N) is 2. The summed E-state index contributed by atoms with van der Waals surface area (Å²) >= 11 is 0. The number of rotatable bonds is 3.